The first kappa shape index (κ1) is 17.2. The second kappa shape index (κ2) is 8.47. The van der Waals surface area contributed by atoms with E-state index in [1.807, 2.05) is 30.3 Å². The largest absolute Gasteiger partial charge is 0.465 e. The van der Waals surface area contributed by atoms with Crippen molar-refractivity contribution in [2.24, 2.45) is 0 Å². The smallest absolute Gasteiger partial charge is 0.339 e. The summed E-state index contributed by atoms with van der Waals surface area (Å²) in [6.07, 6.45) is 0.201. The number of amides is 2. The van der Waals surface area contributed by atoms with Crippen LogP contribution < -0.4 is 10.6 Å². The van der Waals surface area contributed by atoms with Gasteiger partial charge in [0.25, 0.3) is 0 Å². The Bertz CT molecular complexity index is 729. The quantitative estimate of drug-likeness (QED) is 0.792. The van der Waals surface area contributed by atoms with Crippen LogP contribution in [-0.4, -0.2) is 31.4 Å². The Balaban J connectivity index is 1.88. The van der Waals surface area contributed by atoms with E-state index in [9.17, 15) is 14.4 Å². The van der Waals surface area contributed by atoms with Gasteiger partial charge in [0.2, 0.25) is 11.8 Å². The van der Waals surface area contributed by atoms with Crippen molar-refractivity contribution in [1.29, 1.82) is 0 Å². The van der Waals surface area contributed by atoms with Crippen molar-refractivity contribution in [3.05, 3.63) is 65.7 Å². The molecular weight excluding hydrogens is 308 g/mol. The van der Waals surface area contributed by atoms with Crippen molar-refractivity contribution < 1.29 is 19.1 Å². The lowest BCUT2D eigenvalue weighted by atomic mass is 10.1. The number of hydrogen-bond acceptors (Lipinski definition) is 4. The summed E-state index contributed by atoms with van der Waals surface area (Å²) < 4.78 is 4.66. The first-order valence-electron chi connectivity index (χ1n) is 7.38. The summed E-state index contributed by atoms with van der Waals surface area (Å²) in [5.74, 6) is -1.22. The minimum atomic E-state index is -0.543. The molecule has 6 nitrogen and oxygen atoms in total. The van der Waals surface area contributed by atoms with Crippen LogP contribution in [0.25, 0.3) is 0 Å². The molecule has 2 amide bonds. The molecule has 0 spiro atoms. The molecule has 0 bridgehead atoms. The molecule has 0 saturated heterocycles. The van der Waals surface area contributed by atoms with Crippen LogP contribution in [0.3, 0.4) is 0 Å². The molecule has 0 fully saturated rings. The number of benzene rings is 2. The van der Waals surface area contributed by atoms with E-state index >= 15 is 0 Å². The summed E-state index contributed by atoms with van der Waals surface area (Å²) in [6.45, 7) is -0.179. The SMILES string of the molecule is COC(=O)c1ccccc1NC(=O)CNC(=O)Cc1ccccc1. The van der Waals surface area contributed by atoms with E-state index in [0.29, 0.717) is 5.69 Å². The number of carbonyl (C=O) groups is 3. The molecule has 0 aromatic heterocycles. The lowest BCUT2D eigenvalue weighted by Crippen LogP contribution is -2.34. The predicted molar refractivity (Wildman–Crippen MR) is 89.6 cm³/mol. The maximum Gasteiger partial charge on any atom is 0.339 e. The molecule has 0 saturated carbocycles. The Kier molecular flexibility index (Phi) is 6.08. The molecule has 124 valence electrons. The number of esters is 1. The third-order valence-corrected chi connectivity index (χ3v) is 3.26. The summed E-state index contributed by atoms with van der Waals surface area (Å²) in [7, 11) is 1.27. The van der Waals surface area contributed by atoms with Crippen LogP contribution in [0.5, 0.6) is 0 Å². The lowest BCUT2D eigenvalue weighted by molar-refractivity contribution is -0.123. The number of nitrogens with one attached hydrogen (secondary N) is 2. The van der Waals surface area contributed by atoms with E-state index in [4.69, 9.17) is 0 Å². The highest BCUT2D eigenvalue weighted by molar-refractivity contribution is 6.02. The molecule has 2 rings (SSSR count). The second-order valence-electron chi connectivity index (χ2n) is 5.02. The summed E-state index contributed by atoms with van der Waals surface area (Å²) >= 11 is 0. The summed E-state index contributed by atoms with van der Waals surface area (Å²) in [5, 5.41) is 5.14. The fourth-order valence-electron chi connectivity index (χ4n) is 2.10. The third-order valence-electron chi connectivity index (χ3n) is 3.26. The Morgan fingerprint density at radius 1 is 0.917 bits per heavy atom. The maximum atomic E-state index is 12.0. The number of anilines is 1. The molecule has 0 unspecified atom stereocenters. The Hall–Kier alpha value is -3.15. The number of para-hydroxylation sites is 1. The first-order valence-corrected chi connectivity index (χ1v) is 7.38. The maximum absolute atomic E-state index is 12.0. The normalized spacial score (nSPS) is 9.88. The standard InChI is InChI=1S/C18H18N2O4/c1-24-18(23)14-9-5-6-10-15(14)20-17(22)12-19-16(21)11-13-7-3-2-4-8-13/h2-10H,11-12H2,1H3,(H,19,21)(H,20,22). The molecule has 2 aromatic carbocycles. The molecule has 6 heteroatoms. The van der Waals surface area contributed by atoms with E-state index in [-0.39, 0.29) is 24.4 Å². The monoisotopic (exact) mass is 326 g/mol. The summed E-state index contributed by atoms with van der Waals surface area (Å²) in [6, 6.07) is 15.7. The number of methoxy groups -OCH3 is 1. The Labute approximate surface area is 139 Å². The van der Waals surface area contributed by atoms with Crippen molar-refractivity contribution in [1.82, 2.24) is 5.32 Å². The van der Waals surface area contributed by atoms with E-state index < -0.39 is 11.9 Å². The van der Waals surface area contributed by atoms with Gasteiger partial charge in [-0.05, 0) is 17.7 Å². The van der Waals surface area contributed by atoms with Crippen molar-refractivity contribution in [2.45, 2.75) is 6.42 Å². The lowest BCUT2D eigenvalue weighted by Gasteiger charge is -2.10. The van der Waals surface area contributed by atoms with Gasteiger partial charge in [0.15, 0.2) is 0 Å². The molecule has 0 atom stereocenters. The van der Waals surface area contributed by atoms with Crippen LogP contribution in [0.2, 0.25) is 0 Å². The van der Waals surface area contributed by atoms with Crippen LogP contribution in [-0.2, 0) is 20.7 Å². The molecule has 24 heavy (non-hydrogen) atoms. The van der Waals surface area contributed by atoms with Gasteiger partial charge < -0.3 is 15.4 Å². The third kappa shape index (κ3) is 4.95. The van der Waals surface area contributed by atoms with Crippen LogP contribution in [0.1, 0.15) is 15.9 Å². The average Bonchev–Trinajstić information content (AvgIpc) is 2.60. The van der Waals surface area contributed by atoms with E-state index in [1.54, 1.807) is 24.3 Å². The van der Waals surface area contributed by atoms with Crippen molar-refractivity contribution in [2.75, 3.05) is 19.0 Å². The van der Waals surface area contributed by atoms with Crippen LogP contribution in [0, 0.1) is 0 Å². The zero-order valence-electron chi connectivity index (χ0n) is 13.2. The van der Waals surface area contributed by atoms with E-state index in [2.05, 4.69) is 15.4 Å². The fraction of sp³-hybridized carbons (Fsp3) is 0.167. The predicted octanol–water partition coefficient (Wildman–Crippen LogP) is 1.77. The molecule has 0 aliphatic rings. The molecule has 2 aromatic rings. The van der Waals surface area contributed by atoms with Gasteiger partial charge in [-0.15, -0.1) is 0 Å². The molecule has 0 aliphatic carbocycles. The molecular formula is C18H18N2O4. The van der Waals surface area contributed by atoms with Gasteiger partial charge in [0.1, 0.15) is 0 Å². The van der Waals surface area contributed by atoms with Crippen LogP contribution >= 0.6 is 0 Å². The highest BCUT2D eigenvalue weighted by atomic mass is 16.5. The fourth-order valence-corrected chi connectivity index (χ4v) is 2.10. The van der Waals surface area contributed by atoms with Crippen molar-refractivity contribution in [3.63, 3.8) is 0 Å². The topological polar surface area (TPSA) is 84.5 Å². The Morgan fingerprint density at radius 2 is 1.58 bits per heavy atom. The van der Waals surface area contributed by atoms with Gasteiger partial charge >= 0.3 is 5.97 Å². The molecule has 0 radical (unpaired) electrons. The van der Waals surface area contributed by atoms with Gasteiger partial charge in [-0.2, -0.15) is 0 Å². The second-order valence-corrected chi connectivity index (χ2v) is 5.02. The van der Waals surface area contributed by atoms with Gasteiger partial charge in [-0.1, -0.05) is 42.5 Å². The number of hydrogen-bond donors (Lipinski definition) is 2. The minimum Gasteiger partial charge on any atom is -0.465 e. The summed E-state index contributed by atoms with van der Waals surface area (Å²) in [4.78, 5) is 35.4. The number of carbonyl (C=O) groups excluding carboxylic acids is 3. The van der Waals surface area contributed by atoms with E-state index in [1.165, 1.54) is 7.11 Å². The van der Waals surface area contributed by atoms with Crippen LogP contribution in [0.4, 0.5) is 5.69 Å². The molecule has 2 N–H and O–H groups in total. The highest BCUT2D eigenvalue weighted by Gasteiger charge is 2.13. The Morgan fingerprint density at radius 3 is 2.29 bits per heavy atom. The van der Waals surface area contributed by atoms with E-state index in [0.717, 1.165) is 5.56 Å². The number of rotatable bonds is 6. The summed E-state index contributed by atoms with van der Waals surface area (Å²) in [5.41, 5.74) is 1.46. The first-order chi connectivity index (χ1) is 11.6. The van der Waals surface area contributed by atoms with Gasteiger partial charge in [0.05, 0.1) is 31.3 Å². The van der Waals surface area contributed by atoms with Gasteiger partial charge in [-0.25, -0.2) is 4.79 Å². The zero-order valence-corrected chi connectivity index (χ0v) is 13.2. The molecule has 0 aliphatic heterocycles. The number of ether oxygens (including phenoxy) is 1. The highest BCUT2D eigenvalue weighted by Crippen LogP contribution is 2.15. The molecule has 0 heterocycles. The van der Waals surface area contributed by atoms with Gasteiger partial charge in [-0.3, -0.25) is 9.59 Å². The minimum absolute atomic E-state index is 0.179. The zero-order chi connectivity index (χ0) is 17.4. The van der Waals surface area contributed by atoms with Gasteiger partial charge in [0, 0.05) is 0 Å². The van der Waals surface area contributed by atoms with Crippen LogP contribution in [0.15, 0.2) is 54.6 Å². The van der Waals surface area contributed by atoms with Crippen molar-refractivity contribution >= 4 is 23.5 Å². The average molecular weight is 326 g/mol. The van der Waals surface area contributed by atoms with Crippen molar-refractivity contribution in [3.8, 4) is 0 Å².